The van der Waals surface area contributed by atoms with E-state index < -0.39 is 0 Å². The molecule has 6 heteroatoms. The number of morpholine rings is 1. The van der Waals surface area contributed by atoms with Gasteiger partial charge in [0.05, 0.1) is 30.1 Å². The number of amides is 1. The summed E-state index contributed by atoms with van der Waals surface area (Å²) in [5.74, 6) is 0.0853. The number of nitrogens with one attached hydrogen (secondary N) is 1. The number of halogens is 1. The number of rotatable bonds is 4. The van der Waals surface area contributed by atoms with Gasteiger partial charge in [-0.1, -0.05) is 11.6 Å². The van der Waals surface area contributed by atoms with E-state index in [1.807, 2.05) is 12.1 Å². The van der Waals surface area contributed by atoms with E-state index in [0.29, 0.717) is 25.2 Å². The van der Waals surface area contributed by atoms with Crippen LogP contribution in [-0.4, -0.2) is 42.6 Å². The van der Waals surface area contributed by atoms with E-state index in [0.717, 1.165) is 35.2 Å². The monoisotopic (exact) mass is 314 g/mol. The van der Waals surface area contributed by atoms with E-state index in [-0.39, 0.29) is 5.91 Å². The third kappa shape index (κ3) is 3.34. The molecule has 0 unspecified atom stereocenters. The summed E-state index contributed by atoms with van der Waals surface area (Å²) in [6.45, 7) is 2.65. The van der Waals surface area contributed by atoms with Gasteiger partial charge >= 0.3 is 0 Å². The van der Waals surface area contributed by atoms with Gasteiger partial charge in [0.15, 0.2) is 0 Å². The highest BCUT2D eigenvalue weighted by Gasteiger charge is 2.36. The second-order valence-electron chi connectivity index (χ2n) is 5.36. The largest absolute Gasteiger partial charge is 0.375 e. The zero-order valence-electron chi connectivity index (χ0n) is 11.3. The van der Waals surface area contributed by atoms with Crippen LogP contribution in [0.1, 0.15) is 24.1 Å². The van der Waals surface area contributed by atoms with Crippen LogP contribution in [0.5, 0.6) is 0 Å². The number of hydrogen-bond acceptors (Lipinski definition) is 4. The number of hydrogen-bond donors (Lipinski definition) is 1. The van der Waals surface area contributed by atoms with Gasteiger partial charge in [-0.25, -0.2) is 0 Å². The third-order valence-electron chi connectivity index (χ3n) is 4.03. The maximum atomic E-state index is 12.1. The maximum Gasteiger partial charge on any atom is 0.234 e. The van der Waals surface area contributed by atoms with Crippen molar-refractivity contribution in [3.05, 3.63) is 21.3 Å². The Balaban J connectivity index is 1.48. The van der Waals surface area contributed by atoms with Crippen molar-refractivity contribution in [3.8, 4) is 0 Å². The fraction of sp³-hybridized carbons (Fsp3) is 0.643. The molecule has 0 spiro atoms. The summed E-state index contributed by atoms with van der Waals surface area (Å²) < 4.78 is 6.52. The van der Waals surface area contributed by atoms with Crippen LogP contribution in [0.2, 0.25) is 4.34 Å². The lowest BCUT2D eigenvalue weighted by Gasteiger charge is -2.37. The first kappa shape index (κ1) is 14.3. The highest BCUT2D eigenvalue weighted by molar-refractivity contribution is 7.16. The van der Waals surface area contributed by atoms with Crippen LogP contribution in [-0.2, 0) is 16.1 Å². The lowest BCUT2D eigenvalue weighted by atomic mass is 10.1. The molecule has 1 aromatic rings. The fourth-order valence-corrected chi connectivity index (χ4v) is 4.10. The average Bonchev–Trinajstić information content (AvgIpc) is 3.05. The van der Waals surface area contributed by atoms with Gasteiger partial charge in [0.25, 0.3) is 0 Å². The van der Waals surface area contributed by atoms with E-state index in [1.165, 1.54) is 17.8 Å². The number of ether oxygens (including phenoxy) is 1. The van der Waals surface area contributed by atoms with Crippen LogP contribution < -0.4 is 5.32 Å². The highest BCUT2D eigenvalue weighted by Crippen LogP contribution is 2.29. The molecule has 2 aliphatic rings. The minimum Gasteiger partial charge on any atom is -0.375 e. The number of carbonyl (C=O) groups excluding carboxylic acids is 1. The Bertz CT molecular complexity index is 479. The van der Waals surface area contributed by atoms with E-state index in [4.69, 9.17) is 16.3 Å². The molecule has 1 aliphatic heterocycles. The number of thiophene rings is 1. The van der Waals surface area contributed by atoms with E-state index >= 15 is 0 Å². The molecule has 1 saturated carbocycles. The zero-order valence-corrected chi connectivity index (χ0v) is 12.9. The highest BCUT2D eigenvalue weighted by atomic mass is 35.5. The first-order chi connectivity index (χ1) is 9.72. The molecule has 0 aromatic carbocycles. The minimum absolute atomic E-state index is 0.0853. The first-order valence-electron chi connectivity index (χ1n) is 7.09. The van der Waals surface area contributed by atoms with Crippen LogP contribution in [0.3, 0.4) is 0 Å². The van der Waals surface area contributed by atoms with E-state index in [2.05, 4.69) is 10.2 Å². The molecular weight excluding hydrogens is 296 g/mol. The molecular formula is C14H19ClN2O2S. The molecule has 0 bridgehead atoms. The van der Waals surface area contributed by atoms with Crippen LogP contribution in [0.15, 0.2) is 12.1 Å². The lowest BCUT2D eigenvalue weighted by Crippen LogP contribution is -2.51. The molecule has 2 fully saturated rings. The molecule has 1 N–H and O–H groups in total. The quantitative estimate of drug-likeness (QED) is 0.927. The van der Waals surface area contributed by atoms with E-state index in [1.54, 1.807) is 0 Å². The molecule has 1 amide bonds. The van der Waals surface area contributed by atoms with Crippen LogP contribution in [0, 0.1) is 0 Å². The maximum absolute atomic E-state index is 12.1. The molecule has 110 valence electrons. The second-order valence-corrected chi connectivity index (χ2v) is 7.16. The first-order valence-corrected chi connectivity index (χ1v) is 8.28. The van der Waals surface area contributed by atoms with Gasteiger partial charge in [0.1, 0.15) is 0 Å². The molecule has 1 aromatic heterocycles. The molecule has 20 heavy (non-hydrogen) atoms. The number of fused-ring (bicyclic) bond motifs is 1. The molecule has 1 saturated heterocycles. The van der Waals surface area contributed by atoms with Gasteiger partial charge in [0.2, 0.25) is 5.91 Å². The zero-order chi connectivity index (χ0) is 13.9. The van der Waals surface area contributed by atoms with Crippen molar-refractivity contribution >= 4 is 28.8 Å². The van der Waals surface area contributed by atoms with Crippen LogP contribution >= 0.6 is 22.9 Å². The molecule has 1 aliphatic carbocycles. The summed E-state index contributed by atoms with van der Waals surface area (Å²) in [7, 11) is 0. The molecule has 3 rings (SSSR count). The van der Waals surface area contributed by atoms with Crippen molar-refractivity contribution in [2.45, 2.75) is 38.0 Å². The standard InChI is InChI=1S/C14H19ClN2O2S/c15-13-5-4-10(20-13)8-16-14(18)9-17-6-7-19-12-3-1-2-11(12)17/h4-5,11-12H,1-3,6-9H2,(H,16,18)/t11-,12-/m1/s1. The summed E-state index contributed by atoms with van der Waals surface area (Å²) in [4.78, 5) is 15.4. The number of carbonyl (C=O) groups is 1. The Labute approximate surface area is 128 Å². The predicted octanol–water partition coefficient (Wildman–Crippen LogP) is 2.27. The predicted molar refractivity (Wildman–Crippen MR) is 80.1 cm³/mol. The summed E-state index contributed by atoms with van der Waals surface area (Å²) in [5.41, 5.74) is 0. The SMILES string of the molecule is O=C(CN1CCO[C@@H]2CCC[C@H]21)NCc1ccc(Cl)s1. The lowest BCUT2D eigenvalue weighted by molar-refractivity contribution is -0.126. The van der Waals surface area contributed by atoms with Crippen molar-refractivity contribution in [1.29, 1.82) is 0 Å². The van der Waals surface area contributed by atoms with Crippen molar-refractivity contribution in [3.63, 3.8) is 0 Å². The van der Waals surface area contributed by atoms with Gasteiger partial charge < -0.3 is 10.1 Å². The Morgan fingerprint density at radius 2 is 2.40 bits per heavy atom. The Morgan fingerprint density at radius 3 is 3.20 bits per heavy atom. The fourth-order valence-electron chi connectivity index (χ4n) is 3.07. The molecule has 4 nitrogen and oxygen atoms in total. The van der Waals surface area contributed by atoms with Crippen molar-refractivity contribution < 1.29 is 9.53 Å². The van der Waals surface area contributed by atoms with Gasteiger partial charge in [-0.3, -0.25) is 9.69 Å². The van der Waals surface area contributed by atoms with Crippen LogP contribution in [0.4, 0.5) is 0 Å². The molecule has 2 heterocycles. The van der Waals surface area contributed by atoms with Crippen molar-refractivity contribution in [2.75, 3.05) is 19.7 Å². The van der Waals surface area contributed by atoms with Crippen molar-refractivity contribution in [1.82, 2.24) is 10.2 Å². The van der Waals surface area contributed by atoms with Gasteiger partial charge in [-0.05, 0) is 31.4 Å². The summed E-state index contributed by atoms with van der Waals surface area (Å²) in [6, 6.07) is 4.25. The average molecular weight is 315 g/mol. The number of nitrogens with zero attached hydrogens (tertiary/aromatic N) is 1. The third-order valence-corrected chi connectivity index (χ3v) is 5.26. The Kier molecular flexibility index (Phi) is 4.61. The summed E-state index contributed by atoms with van der Waals surface area (Å²) >= 11 is 7.38. The van der Waals surface area contributed by atoms with Gasteiger partial charge in [-0.2, -0.15) is 0 Å². The Morgan fingerprint density at radius 1 is 1.50 bits per heavy atom. The van der Waals surface area contributed by atoms with Gasteiger partial charge in [-0.15, -0.1) is 11.3 Å². The minimum atomic E-state index is 0.0853. The Hall–Kier alpha value is -0.620. The van der Waals surface area contributed by atoms with Crippen LogP contribution in [0.25, 0.3) is 0 Å². The smallest absolute Gasteiger partial charge is 0.234 e. The topological polar surface area (TPSA) is 41.6 Å². The molecule has 2 atom stereocenters. The summed E-state index contributed by atoms with van der Waals surface area (Å²) in [5, 5.41) is 2.97. The van der Waals surface area contributed by atoms with Crippen molar-refractivity contribution in [2.24, 2.45) is 0 Å². The van der Waals surface area contributed by atoms with E-state index in [9.17, 15) is 4.79 Å². The van der Waals surface area contributed by atoms with Gasteiger partial charge in [0, 0.05) is 17.5 Å². The second kappa shape index (κ2) is 6.43. The normalized spacial score (nSPS) is 26.4. The summed E-state index contributed by atoms with van der Waals surface area (Å²) in [6.07, 6.45) is 3.84. The molecule has 0 radical (unpaired) electrons.